The number of carbonyl (C=O) groups is 1. The van der Waals surface area contributed by atoms with Gasteiger partial charge in [0, 0.05) is 18.5 Å². The van der Waals surface area contributed by atoms with E-state index in [1.165, 1.54) is 0 Å². The van der Waals surface area contributed by atoms with Crippen molar-refractivity contribution < 1.29 is 31.8 Å². The average Bonchev–Trinajstić information content (AvgIpc) is 2.52. The molecule has 0 bridgehead atoms. The van der Waals surface area contributed by atoms with Crippen molar-refractivity contribution in [1.29, 1.82) is 0 Å². The van der Waals surface area contributed by atoms with Crippen LogP contribution < -0.4 is 4.74 Å². The van der Waals surface area contributed by atoms with E-state index in [-0.39, 0.29) is 23.4 Å². The average molecular weight is 403 g/mol. The molecule has 0 aromatic heterocycles. The minimum absolute atomic E-state index is 0.0372. The molecule has 1 spiro atoms. The van der Waals surface area contributed by atoms with Gasteiger partial charge in [0.05, 0.1) is 11.7 Å². The fraction of sp³-hybridized carbons (Fsp3) is 0.650. The van der Waals surface area contributed by atoms with E-state index in [1.54, 1.807) is 4.90 Å². The molecule has 1 saturated heterocycles. The van der Waals surface area contributed by atoms with Crippen LogP contribution in [0.1, 0.15) is 52.0 Å². The number of ether oxygens (including phenoxy) is 2. The van der Waals surface area contributed by atoms with Crippen LogP contribution in [-0.4, -0.2) is 35.8 Å². The summed E-state index contributed by atoms with van der Waals surface area (Å²) in [6.07, 6.45) is -2.17. The van der Waals surface area contributed by atoms with Gasteiger partial charge in [0.15, 0.2) is 11.6 Å². The van der Waals surface area contributed by atoms with Gasteiger partial charge in [0.25, 0.3) is 0 Å². The van der Waals surface area contributed by atoms with E-state index >= 15 is 0 Å². The standard InChI is InChI=1S/C20H25F4NO3/c1-18(2,3)28-17(26)25-11-19(12-25)8-6-14(7-9-19)27-16-5-4-13(10-15(16)21)20(22,23)24/h4-5,10,14H,6-9,11-12H2,1-3H3. The fourth-order valence-corrected chi connectivity index (χ4v) is 3.81. The number of hydrogen-bond acceptors (Lipinski definition) is 3. The van der Waals surface area contributed by atoms with Gasteiger partial charge in [-0.2, -0.15) is 13.2 Å². The number of benzene rings is 1. The van der Waals surface area contributed by atoms with Crippen molar-refractivity contribution in [2.24, 2.45) is 5.41 Å². The number of amides is 1. The van der Waals surface area contributed by atoms with Gasteiger partial charge in [-0.3, -0.25) is 0 Å². The first-order valence-electron chi connectivity index (χ1n) is 9.38. The van der Waals surface area contributed by atoms with Gasteiger partial charge in [0.1, 0.15) is 5.60 Å². The monoisotopic (exact) mass is 403 g/mol. The van der Waals surface area contributed by atoms with E-state index in [0.29, 0.717) is 32.0 Å². The van der Waals surface area contributed by atoms with Crippen molar-refractivity contribution in [1.82, 2.24) is 4.90 Å². The highest BCUT2D eigenvalue weighted by Crippen LogP contribution is 2.45. The van der Waals surface area contributed by atoms with Crippen molar-refractivity contribution in [2.75, 3.05) is 13.1 Å². The molecule has 2 fully saturated rings. The summed E-state index contributed by atoms with van der Waals surface area (Å²) in [7, 11) is 0. The Morgan fingerprint density at radius 3 is 2.25 bits per heavy atom. The Bertz CT molecular complexity index is 726. The first kappa shape index (κ1) is 20.7. The quantitative estimate of drug-likeness (QED) is 0.621. The second kappa shape index (κ2) is 7.12. The Balaban J connectivity index is 1.50. The number of carbonyl (C=O) groups excluding carboxylic acids is 1. The maximum atomic E-state index is 14.0. The number of likely N-dealkylation sites (tertiary alicyclic amines) is 1. The lowest BCUT2D eigenvalue weighted by Crippen LogP contribution is -2.60. The van der Waals surface area contributed by atoms with E-state index in [0.717, 1.165) is 25.0 Å². The van der Waals surface area contributed by atoms with Crippen LogP contribution in [0.15, 0.2) is 18.2 Å². The maximum Gasteiger partial charge on any atom is 0.416 e. The molecule has 28 heavy (non-hydrogen) atoms. The van der Waals surface area contributed by atoms with Crippen molar-refractivity contribution in [3.8, 4) is 5.75 Å². The minimum Gasteiger partial charge on any atom is -0.487 e. The van der Waals surface area contributed by atoms with Crippen LogP contribution in [0.2, 0.25) is 0 Å². The molecule has 0 atom stereocenters. The highest BCUT2D eigenvalue weighted by molar-refractivity contribution is 5.69. The summed E-state index contributed by atoms with van der Waals surface area (Å²) < 4.78 is 62.8. The fourth-order valence-electron chi connectivity index (χ4n) is 3.81. The van der Waals surface area contributed by atoms with E-state index in [9.17, 15) is 22.4 Å². The van der Waals surface area contributed by atoms with Gasteiger partial charge in [-0.15, -0.1) is 0 Å². The van der Waals surface area contributed by atoms with Gasteiger partial charge in [-0.1, -0.05) is 0 Å². The molecule has 0 N–H and O–H groups in total. The summed E-state index contributed by atoms with van der Waals surface area (Å²) in [5.74, 6) is -1.16. The molecule has 4 nitrogen and oxygen atoms in total. The molecule has 1 saturated carbocycles. The molecule has 156 valence electrons. The first-order valence-corrected chi connectivity index (χ1v) is 9.38. The van der Waals surface area contributed by atoms with Crippen LogP contribution in [0.4, 0.5) is 22.4 Å². The molecule has 1 aliphatic carbocycles. The number of rotatable bonds is 2. The number of nitrogens with zero attached hydrogens (tertiary/aromatic N) is 1. The molecule has 2 aliphatic rings. The lowest BCUT2D eigenvalue weighted by atomic mass is 9.68. The molecule has 0 unspecified atom stereocenters. The predicted octanol–water partition coefficient (Wildman–Crippen LogP) is 5.40. The summed E-state index contributed by atoms with van der Waals surface area (Å²) in [6.45, 7) is 6.72. The summed E-state index contributed by atoms with van der Waals surface area (Å²) in [5.41, 5.74) is -1.52. The van der Waals surface area contributed by atoms with Crippen molar-refractivity contribution in [3.05, 3.63) is 29.6 Å². The van der Waals surface area contributed by atoms with E-state index in [2.05, 4.69) is 0 Å². The van der Waals surface area contributed by atoms with Crippen LogP contribution in [0.3, 0.4) is 0 Å². The molecule has 1 heterocycles. The Labute approximate surface area is 161 Å². The Morgan fingerprint density at radius 1 is 1.14 bits per heavy atom. The van der Waals surface area contributed by atoms with Crippen molar-refractivity contribution in [3.63, 3.8) is 0 Å². The molecule has 1 aromatic carbocycles. The molecule has 8 heteroatoms. The molecular weight excluding hydrogens is 378 g/mol. The Hall–Kier alpha value is -1.99. The lowest BCUT2D eigenvalue weighted by molar-refractivity contribution is -0.137. The summed E-state index contributed by atoms with van der Waals surface area (Å²) >= 11 is 0. The SMILES string of the molecule is CC(C)(C)OC(=O)N1CC2(CCC(Oc3ccc(C(F)(F)F)cc3F)CC2)C1. The van der Waals surface area contributed by atoms with Crippen molar-refractivity contribution in [2.45, 2.75) is 64.3 Å². The predicted molar refractivity (Wildman–Crippen MR) is 94.5 cm³/mol. The molecule has 1 amide bonds. The molecular formula is C20H25F4NO3. The maximum absolute atomic E-state index is 14.0. The Kier molecular flexibility index (Phi) is 5.27. The summed E-state index contributed by atoms with van der Waals surface area (Å²) in [5, 5.41) is 0. The minimum atomic E-state index is -4.58. The van der Waals surface area contributed by atoms with Gasteiger partial charge in [-0.05, 0) is 64.7 Å². The smallest absolute Gasteiger partial charge is 0.416 e. The number of hydrogen-bond donors (Lipinski definition) is 0. The first-order chi connectivity index (χ1) is 12.9. The van der Waals surface area contributed by atoms with Crippen LogP contribution in [0.25, 0.3) is 0 Å². The van der Waals surface area contributed by atoms with Gasteiger partial charge in [0.2, 0.25) is 0 Å². The zero-order valence-electron chi connectivity index (χ0n) is 16.2. The van der Waals surface area contributed by atoms with E-state index in [4.69, 9.17) is 9.47 Å². The molecule has 0 radical (unpaired) electrons. The highest BCUT2D eigenvalue weighted by atomic mass is 19.4. The topological polar surface area (TPSA) is 38.8 Å². The lowest BCUT2D eigenvalue weighted by Gasteiger charge is -2.53. The van der Waals surface area contributed by atoms with E-state index in [1.807, 2.05) is 20.8 Å². The molecule has 3 rings (SSSR count). The second-order valence-electron chi connectivity index (χ2n) is 8.80. The molecule has 1 aromatic rings. The van der Waals surface area contributed by atoms with Crippen LogP contribution >= 0.6 is 0 Å². The van der Waals surface area contributed by atoms with Crippen molar-refractivity contribution >= 4 is 6.09 Å². The van der Waals surface area contributed by atoms with Gasteiger partial charge < -0.3 is 14.4 Å². The number of alkyl halides is 3. The third-order valence-electron chi connectivity index (χ3n) is 5.25. The normalized spacial score (nSPS) is 20.0. The zero-order valence-corrected chi connectivity index (χ0v) is 16.2. The Morgan fingerprint density at radius 2 is 1.75 bits per heavy atom. The third kappa shape index (κ3) is 4.70. The summed E-state index contributed by atoms with van der Waals surface area (Å²) in [4.78, 5) is 13.7. The molecule has 1 aliphatic heterocycles. The highest BCUT2D eigenvalue weighted by Gasteiger charge is 2.48. The van der Waals surface area contributed by atoms with Crippen LogP contribution in [-0.2, 0) is 10.9 Å². The van der Waals surface area contributed by atoms with Gasteiger partial charge >= 0.3 is 12.3 Å². The second-order valence-corrected chi connectivity index (χ2v) is 8.80. The zero-order chi connectivity index (χ0) is 20.7. The number of halogens is 4. The van der Waals surface area contributed by atoms with E-state index < -0.39 is 23.2 Å². The third-order valence-corrected chi connectivity index (χ3v) is 5.25. The van der Waals surface area contributed by atoms with Gasteiger partial charge in [-0.25, -0.2) is 9.18 Å². The van der Waals surface area contributed by atoms with Crippen LogP contribution in [0.5, 0.6) is 5.75 Å². The van der Waals surface area contributed by atoms with Crippen LogP contribution in [0, 0.1) is 11.2 Å². The summed E-state index contributed by atoms with van der Waals surface area (Å²) in [6, 6.07) is 2.33. The largest absolute Gasteiger partial charge is 0.487 e.